The van der Waals surface area contributed by atoms with Gasteiger partial charge in [0.15, 0.2) is 0 Å². The smallest absolute Gasteiger partial charge is 0.225 e. The van der Waals surface area contributed by atoms with Crippen LogP contribution in [0.25, 0.3) is 5.69 Å². The number of fused-ring (bicyclic) bond motifs is 1. The number of aromatic nitrogens is 2. The molecule has 5 nitrogen and oxygen atoms in total. The molecule has 2 heterocycles. The molecular weight excluding hydrogens is 309 g/mol. The SMILES string of the molecule is O=C1C[C@H](c2cc(F)ccc2-n2cccn2)c2ccc(O)cc2N1. The van der Waals surface area contributed by atoms with Crippen LogP contribution in [0.5, 0.6) is 5.75 Å². The number of halogens is 1. The lowest BCUT2D eigenvalue weighted by Crippen LogP contribution is -2.24. The predicted octanol–water partition coefficient (Wildman–Crippen LogP) is 3.19. The molecule has 1 atom stereocenters. The molecule has 1 aliphatic heterocycles. The molecule has 0 fully saturated rings. The Morgan fingerprint density at radius 1 is 1.21 bits per heavy atom. The number of phenolic OH excluding ortho intramolecular Hbond substituents is 1. The Bertz CT molecular complexity index is 922. The second-order valence-electron chi connectivity index (χ2n) is 5.73. The lowest BCUT2D eigenvalue weighted by atomic mass is 9.84. The summed E-state index contributed by atoms with van der Waals surface area (Å²) in [5.41, 5.74) is 2.79. The topological polar surface area (TPSA) is 67.2 Å². The number of nitrogens with zero attached hydrogens (tertiary/aromatic N) is 2. The van der Waals surface area contributed by atoms with Crippen LogP contribution in [0.1, 0.15) is 23.5 Å². The maximum absolute atomic E-state index is 13.9. The van der Waals surface area contributed by atoms with Gasteiger partial charge in [-0.25, -0.2) is 9.07 Å². The molecule has 2 aromatic carbocycles. The number of carbonyl (C=O) groups is 1. The third-order valence-corrected chi connectivity index (χ3v) is 4.19. The van der Waals surface area contributed by atoms with E-state index in [1.807, 2.05) is 0 Å². The first kappa shape index (κ1) is 14.4. The number of rotatable bonds is 2. The fraction of sp³-hybridized carbons (Fsp3) is 0.111. The number of carbonyl (C=O) groups excluding carboxylic acids is 1. The fourth-order valence-corrected chi connectivity index (χ4v) is 3.15. The summed E-state index contributed by atoms with van der Waals surface area (Å²) < 4.78 is 15.6. The fourth-order valence-electron chi connectivity index (χ4n) is 3.15. The van der Waals surface area contributed by atoms with Crippen LogP contribution in [0.15, 0.2) is 54.9 Å². The van der Waals surface area contributed by atoms with Crippen LogP contribution < -0.4 is 5.32 Å². The largest absolute Gasteiger partial charge is 0.508 e. The first-order valence-corrected chi connectivity index (χ1v) is 7.54. The second-order valence-corrected chi connectivity index (χ2v) is 5.73. The molecule has 0 aliphatic carbocycles. The molecule has 1 aromatic heterocycles. The lowest BCUT2D eigenvalue weighted by molar-refractivity contribution is -0.116. The van der Waals surface area contributed by atoms with Crippen LogP contribution in [0.4, 0.5) is 10.1 Å². The molecule has 0 saturated heterocycles. The average Bonchev–Trinajstić information content (AvgIpc) is 3.07. The van der Waals surface area contributed by atoms with Crippen LogP contribution in [-0.2, 0) is 4.79 Å². The van der Waals surface area contributed by atoms with Gasteiger partial charge in [0.05, 0.1) is 5.69 Å². The lowest BCUT2D eigenvalue weighted by Gasteiger charge is -2.27. The van der Waals surface area contributed by atoms with E-state index in [2.05, 4.69) is 10.4 Å². The molecule has 6 heteroatoms. The number of phenols is 1. The summed E-state index contributed by atoms with van der Waals surface area (Å²) in [6.45, 7) is 0. The average molecular weight is 323 g/mol. The van der Waals surface area contributed by atoms with Gasteiger partial charge in [0.1, 0.15) is 11.6 Å². The van der Waals surface area contributed by atoms with Crippen molar-refractivity contribution in [3.63, 3.8) is 0 Å². The zero-order valence-electron chi connectivity index (χ0n) is 12.6. The summed E-state index contributed by atoms with van der Waals surface area (Å²) in [5.74, 6) is -0.786. The molecule has 0 spiro atoms. The first-order chi connectivity index (χ1) is 11.6. The molecule has 4 rings (SSSR count). The van der Waals surface area contributed by atoms with Crippen molar-refractivity contribution in [2.75, 3.05) is 5.32 Å². The quantitative estimate of drug-likeness (QED) is 0.761. The molecule has 0 bridgehead atoms. The Kier molecular flexibility index (Phi) is 3.30. The summed E-state index contributed by atoms with van der Waals surface area (Å²) >= 11 is 0. The van der Waals surface area contributed by atoms with Gasteiger partial charge in [-0.3, -0.25) is 4.79 Å². The van der Waals surface area contributed by atoms with E-state index in [9.17, 15) is 14.3 Å². The van der Waals surface area contributed by atoms with Crippen molar-refractivity contribution in [2.24, 2.45) is 0 Å². The minimum absolute atomic E-state index is 0.0706. The van der Waals surface area contributed by atoms with Gasteiger partial charge in [0.25, 0.3) is 0 Å². The summed E-state index contributed by atoms with van der Waals surface area (Å²) in [6.07, 6.45) is 3.62. The normalized spacial score (nSPS) is 16.5. The highest BCUT2D eigenvalue weighted by molar-refractivity contribution is 5.95. The Balaban J connectivity index is 1.91. The third kappa shape index (κ3) is 2.42. The van der Waals surface area contributed by atoms with Crippen LogP contribution in [0.2, 0.25) is 0 Å². The molecule has 0 unspecified atom stereocenters. The van der Waals surface area contributed by atoms with E-state index < -0.39 is 0 Å². The van der Waals surface area contributed by atoms with Crippen molar-refractivity contribution >= 4 is 11.6 Å². The van der Waals surface area contributed by atoms with Gasteiger partial charge in [-0.1, -0.05) is 6.07 Å². The van der Waals surface area contributed by atoms with Gasteiger partial charge in [-0.2, -0.15) is 5.10 Å². The summed E-state index contributed by atoms with van der Waals surface area (Å²) in [7, 11) is 0. The maximum atomic E-state index is 13.9. The minimum atomic E-state index is -0.368. The van der Waals surface area contributed by atoms with Crippen molar-refractivity contribution in [3.05, 3.63) is 71.8 Å². The van der Waals surface area contributed by atoms with E-state index in [1.54, 1.807) is 41.3 Å². The van der Waals surface area contributed by atoms with Gasteiger partial charge in [-0.05, 0) is 41.5 Å². The van der Waals surface area contributed by atoms with Gasteiger partial charge >= 0.3 is 0 Å². The van der Waals surface area contributed by atoms with Crippen LogP contribution in [0.3, 0.4) is 0 Å². The number of hydrogen-bond donors (Lipinski definition) is 2. The molecule has 24 heavy (non-hydrogen) atoms. The monoisotopic (exact) mass is 323 g/mol. The number of anilines is 1. The Morgan fingerprint density at radius 2 is 2.08 bits per heavy atom. The summed E-state index contributed by atoms with van der Waals surface area (Å²) in [6, 6.07) is 11.1. The van der Waals surface area contributed by atoms with E-state index in [0.29, 0.717) is 11.3 Å². The highest BCUT2D eigenvalue weighted by Gasteiger charge is 2.29. The minimum Gasteiger partial charge on any atom is -0.508 e. The molecular formula is C18H14FN3O2. The highest BCUT2D eigenvalue weighted by atomic mass is 19.1. The van der Waals surface area contributed by atoms with Crippen LogP contribution >= 0.6 is 0 Å². The molecule has 0 radical (unpaired) electrons. The van der Waals surface area contributed by atoms with E-state index in [0.717, 1.165) is 11.3 Å². The van der Waals surface area contributed by atoms with Gasteiger partial charge < -0.3 is 10.4 Å². The van der Waals surface area contributed by atoms with Crippen LogP contribution in [-0.4, -0.2) is 20.8 Å². The molecule has 3 aromatic rings. The van der Waals surface area contributed by atoms with Crippen molar-refractivity contribution < 1.29 is 14.3 Å². The molecule has 2 N–H and O–H groups in total. The van der Waals surface area contributed by atoms with Gasteiger partial charge in [-0.15, -0.1) is 0 Å². The molecule has 1 aliphatic rings. The molecule has 120 valence electrons. The number of aromatic hydroxyl groups is 1. The number of nitrogens with one attached hydrogen (secondary N) is 1. The zero-order valence-corrected chi connectivity index (χ0v) is 12.6. The Hall–Kier alpha value is -3.15. The number of hydrogen-bond acceptors (Lipinski definition) is 3. The van der Waals surface area contributed by atoms with Crippen molar-refractivity contribution in [2.45, 2.75) is 12.3 Å². The predicted molar refractivity (Wildman–Crippen MR) is 86.7 cm³/mol. The summed E-state index contributed by atoms with van der Waals surface area (Å²) in [4.78, 5) is 12.1. The summed E-state index contributed by atoms with van der Waals surface area (Å²) in [5, 5.41) is 16.6. The number of amides is 1. The van der Waals surface area contributed by atoms with Crippen LogP contribution in [0, 0.1) is 5.82 Å². The van der Waals surface area contributed by atoms with Crippen molar-refractivity contribution in [1.82, 2.24) is 9.78 Å². The van der Waals surface area contributed by atoms with Crippen molar-refractivity contribution in [3.8, 4) is 11.4 Å². The number of benzene rings is 2. The van der Waals surface area contributed by atoms with Crippen molar-refractivity contribution in [1.29, 1.82) is 0 Å². The zero-order chi connectivity index (χ0) is 16.7. The van der Waals surface area contributed by atoms with E-state index in [4.69, 9.17) is 0 Å². The maximum Gasteiger partial charge on any atom is 0.225 e. The van der Waals surface area contributed by atoms with Gasteiger partial charge in [0.2, 0.25) is 5.91 Å². The van der Waals surface area contributed by atoms with E-state index in [-0.39, 0.29) is 29.8 Å². The molecule has 1 amide bonds. The molecule has 0 saturated carbocycles. The Labute approximate surface area is 137 Å². The Morgan fingerprint density at radius 3 is 2.88 bits per heavy atom. The second kappa shape index (κ2) is 5.49. The third-order valence-electron chi connectivity index (χ3n) is 4.19. The standard InChI is InChI=1S/C18H14FN3O2/c19-11-2-5-17(22-7-1-6-20-22)15(8-11)14-10-18(24)21-16-9-12(23)3-4-13(14)16/h1-9,14,23H,10H2,(H,21,24)/t14-/m0/s1. The highest BCUT2D eigenvalue weighted by Crippen LogP contribution is 2.40. The van der Waals surface area contributed by atoms with E-state index >= 15 is 0 Å². The van der Waals surface area contributed by atoms with Gasteiger partial charge in [0, 0.05) is 36.5 Å². The first-order valence-electron chi connectivity index (χ1n) is 7.54. The van der Waals surface area contributed by atoms with E-state index in [1.165, 1.54) is 18.2 Å².